The minimum Gasteiger partial charge on any atom is -0.299 e. The Balaban J connectivity index is 3.58. The van der Waals surface area contributed by atoms with Gasteiger partial charge in [-0.25, -0.2) is 0 Å². The number of nitrogens with zero attached hydrogens (tertiary/aromatic N) is 1. The predicted molar refractivity (Wildman–Crippen MR) is 32.3 cm³/mol. The molecule has 7 heavy (non-hydrogen) atoms. The van der Waals surface area contributed by atoms with Crippen LogP contribution in [-0.2, 0) is 0 Å². The van der Waals surface area contributed by atoms with Crippen LogP contribution in [0.15, 0.2) is 17.6 Å². The highest BCUT2D eigenvalue weighted by molar-refractivity contribution is 6.34. The van der Waals surface area contributed by atoms with E-state index in [0.717, 1.165) is 0 Å². The van der Waals surface area contributed by atoms with E-state index in [0.29, 0.717) is 5.71 Å². The Morgan fingerprint density at radius 1 is 1.86 bits per heavy atom. The molecule has 0 atom stereocenters. The van der Waals surface area contributed by atoms with Crippen molar-refractivity contribution in [2.24, 2.45) is 4.99 Å². The molecule has 1 N–H and O–H groups in total. The lowest BCUT2D eigenvalue weighted by atomic mass is 10.4. The smallest absolute Gasteiger partial charge is 0.0712 e. The molecule has 0 aromatic heterocycles. The average Bonchev–Trinajstić information content (AvgIpc) is 1.68. The highest BCUT2D eigenvalue weighted by atomic mass is 14.6. The molecule has 0 radical (unpaired) electrons. The quantitative estimate of drug-likeness (QED) is 0.496. The van der Waals surface area contributed by atoms with E-state index >= 15 is 0 Å². The summed E-state index contributed by atoms with van der Waals surface area (Å²) in [7, 11) is 1.62. The van der Waals surface area contributed by atoms with Gasteiger partial charge in [0, 0.05) is 13.3 Å². The molecule has 0 bridgehead atoms. The number of allylic oxidation sites excluding steroid dienone is 1. The summed E-state index contributed by atoms with van der Waals surface area (Å²) in [5, 5.41) is 6.87. The molecule has 2 heteroatoms. The van der Waals surface area contributed by atoms with Crippen LogP contribution in [0.1, 0.15) is 0 Å². The molecule has 0 heterocycles. The Bertz CT molecular complexity index is 103. The van der Waals surface area contributed by atoms with Crippen molar-refractivity contribution in [3.05, 3.63) is 12.7 Å². The molecule has 2 nitrogen and oxygen atoms in total. The van der Waals surface area contributed by atoms with Crippen LogP contribution in [0.3, 0.4) is 0 Å². The summed E-state index contributed by atoms with van der Waals surface area (Å²) in [5.74, 6) is 0. The molecule has 0 aliphatic carbocycles. The van der Waals surface area contributed by atoms with Gasteiger partial charge in [-0.1, -0.05) is 6.58 Å². The minimum absolute atomic E-state index is 0.350. The SMILES string of the molecule is C=CC(=N)C=NC. The summed E-state index contributed by atoms with van der Waals surface area (Å²) < 4.78 is 0. The van der Waals surface area contributed by atoms with Crippen LogP contribution in [0, 0.1) is 5.41 Å². The third-order valence-corrected chi connectivity index (χ3v) is 0.488. The maximum Gasteiger partial charge on any atom is 0.0712 e. The van der Waals surface area contributed by atoms with Gasteiger partial charge in [0.25, 0.3) is 0 Å². The van der Waals surface area contributed by atoms with Crippen LogP contribution < -0.4 is 0 Å². The second kappa shape index (κ2) is 3.28. The molecule has 0 aliphatic rings. The fourth-order valence-corrected chi connectivity index (χ4v) is 0.192. The second-order valence-electron chi connectivity index (χ2n) is 1.05. The van der Waals surface area contributed by atoms with Crippen molar-refractivity contribution in [1.82, 2.24) is 0 Å². The van der Waals surface area contributed by atoms with Gasteiger partial charge in [-0.2, -0.15) is 0 Å². The summed E-state index contributed by atoms with van der Waals surface area (Å²) in [6, 6.07) is 0. The first-order valence-electron chi connectivity index (χ1n) is 1.94. The van der Waals surface area contributed by atoms with Gasteiger partial charge in [-0.15, -0.1) is 0 Å². The van der Waals surface area contributed by atoms with Gasteiger partial charge in [0.15, 0.2) is 0 Å². The van der Waals surface area contributed by atoms with E-state index in [1.807, 2.05) is 0 Å². The van der Waals surface area contributed by atoms with Crippen LogP contribution in [-0.4, -0.2) is 19.0 Å². The first-order chi connectivity index (χ1) is 3.31. The Labute approximate surface area is 43.1 Å². The van der Waals surface area contributed by atoms with Crippen molar-refractivity contribution in [2.45, 2.75) is 0 Å². The molecule has 0 unspecified atom stereocenters. The van der Waals surface area contributed by atoms with Crippen molar-refractivity contribution in [1.29, 1.82) is 5.41 Å². The van der Waals surface area contributed by atoms with E-state index in [1.165, 1.54) is 12.3 Å². The first kappa shape index (κ1) is 6.08. The summed E-state index contributed by atoms with van der Waals surface area (Å²) >= 11 is 0. The topological polar surface area (TPSA) is 36.2 Å². The van der Waals surface area contributed by atoms with Crippen molar-refractivity contribution in [3.8, 4) is 0 Å². The summed E-state index contributed by atoms with van der Waals surface area (Å²) in [5.41, 5.74) is 0.350. The number of hydrogen-bond donors (Lipinski definition) is 1. The molecular formula is C5H8N2. The van der Waals surface area contributed by atoms with Gasteiger partial charge in [-0.3, -0.25) is 10.4 Å². The van der Waals surface area contributed by atoms with Gasteiger partial charge < -0.3 is 0 Å². The Morgan fingerprint density at radius 2 is 2.43 bits per heavy atom. The van der Waals surface area contributed by atoms with E-state index in [4.69, 9.17) is 5.41 Å². The third kappa shape index (κ3) is 2.89. The lowest BCUT2D eigenvalue weighted by Gasteiger charge is -1.76. The van der Waals surface area contributed by atoms with E-state index in [9.17, 15) is 0 Å². The fourth-order valence-electron chi connectivity index (χ4n) is 0.192. The second-order valence-corrected chi connectivity index (χ2v) is 1.05. The third-order valence-electron chi connectivity index (χ3n) is 0.488. The lowest BCUT2D eigenvalue weighted by Crippen LogP contribution is -1.88. The molecule has 0 aliphatic heterocycles. The maximum atomic E-state index is 6.87. The van der Waals surface area contributed by atoms with Crippen molar-refractivity contribution in [2.75, 3.05) is 7.05 Å². The first-order valence-corrected chi connectivity index (χ1v) is 1.94. The molecule has 0 rings (SSSR count). The molecule has 0 saturated heterocycles. The van der Waals surface area contributed by atoms with Gasteiger partial charge >= 0.3 is 0 Å². The van der Waals surface area contributed by atoms with Crippen LogP contribution >= 0.6 is 0 Å². The number of rotatable bonds is 2. The molecule has 0 amide bonds. The largest absolute Gasteiger partial charge is 0.299 e. The molecule has 0 fully saturated rings. The number of nitrogens with one attached hydrogen (secondary N) is 1. The Hall–Kier alpha value is -0.920. The molecule has 0 aromatic carbocycles. The zero-order valence-electron chi connectivity index (χ0n) is 4.31. The van der Waals surface area contributed by atoms with Gasteiger partial charge in [-0.05, 0) is 6.08 Å². The molecule has 0 saturated carbocycles. The summed E-state index contributed by atoms with van der Waals surface area (Å²) in [4.78, 5) is 3.59. The summed E-state index contributed by atoms with van der Waals surface area (Å²) in [6.45, 7) is 3.36. The van der Waals surface area contributed by atoms with E-state index in [1.54, 1.807) is 7.05 Å². The minimum atomic E-state index is 0.350. The highest BCUT2D eigenvalue weighted by Gasteiger charge is 1.73. The number of aliphatic imine (C=N–C) groups is 1. The van der Waals surface area contributed by atoms with Gasteiger partial charge in [0.2, 0.25) is 0 Å². The molecule has 38 valence electrons. The monoisotopic (exact) mass is 96.1 g/mol. The van der Waals surface area contributed by atoms with Crippen LogP contribution in [0.25, 0.3) is 0 Å². The highest BCUT2D eigenvalue weighted by Crippen LogP contribution is 1.64. The zero-order chi connectivity index (χ0) is 5.70. The zero-order valence-corrected chi connectivity index (χ0v) is 4.31. The van der Waals surface area contributed by atoms with Crippen LogP contribution in [0.2, 0.25) is 0 Å². The van der Waals surface area contributed by atoms with Gasteiger partial charge in [0.1, 0.15) is 0 Å². The van der Waals surface area contributed by atoms with Crippen molar-refractivity contribution < 1.29 is 0 Å². The fraction of sp³-hybridized carbons (Fsp3) is 0.200. The van der Waals surface area contributed by atoms with Crippen molar-refractivity contribution in [3.63, 3.8) is 0 Å². The van der Waals surface area contributed by atoms with E-state index in [-0.39, 0.29) is 0 Å². The molecule has 0 spiro atoms. The molecule has 0 aromatic rings. The normalized spacial score (nSPS) is 9.29. The van der Waals surface area contributed by atoms with E-state index in [2.05, 4.69) is 11.6 Å². The average molecular weight is 96.1 g/mol. The Morgan fingerprint density at radius 3 is 2.57 bits per heavy atom. The standard InChI is InChI=1S/C5H8N2/c1-3-5(6)4-7-2/h3-4,6H,1H2,2H3. The van der Waals surface area contributed by atoms with Crippen molar-refractivity contribution >= 4 is 11.9 Å². The predicted octanol–water partition coefficient (Wildman–Crippen LogP) is 0.893. The summed E-state index contributed by atoms with van der Waals surface area (Å²) in [6.07, 6.45) is 2.88. The molecular weight excluding hydrogens is 88.1 g/mol. The Kier molecular flexibility index (Phi) is 2.85. The maximum absolute atomic E-state index is 6.87. The van der Waals surface area contributed by atoms with Gasteiger partial charge in [0.05, 0.1) is 5.71 Å². The van der Waals surface area contributed by atoms with Crippen LogP contribution in [0.4, 0.5) is 0 Å². The van der Waals surface area contributed by atoms with E-state index < -0.39 is 0 Å². The lowest BCUT2D eigenvalue weighted by molar-refractivity contribution is 1.47. The number of hydrogen-bond acceptors (Lipinski definition) is 2. The van der Waals surface area contributed by atoms with Crippen LogP contribution in [0.5, 0.6) is 0 Å².